The number of anilines is 2. The number of para-hydroxylation sites is 1. The minimum atomic E-state index is -0.445. The van der Waals surface area contributed by atoms with E-state index in [2.05, 4.69) is 10.2 Å². The number of nitrogens with one attached hydrogen (secondary N) is 1. The highest BCUT2D eigenvalue weighted by Gasteiger charge is 2.16. The number of halogens is 1. The van der Waals surface area contributed by atoms with Gasteiger partial charge in [-0.3, -0.25) is 4.79 Å². The van der Waals surface area contributed by atoms with Crippen molar-refractivity contribution in [3.8, 4) is 5.75 Å². The molecule has 0 aromatic heterocycles. The Morgan fingerprint density at radius 3 is 2.62 bits per heavy atom. The fourth-order valence-corrected chi connectivity index (χ4v) is 2.98. The number of hydrogen-bond acceptors (Lipinski definition) is 3. The molecule has 1 aliphatic heterocycles. The average Bonchev–Trinajstić information content (AvgIpc) is 2.64. The van der Waals surface area contributed by atoms with Gasteiger partial charge < -0.3 is 15.0 Å². The van der Waals surface area contributed by atoms with E-state index in [0.29, 0.717) is 11.3 Å². The molecule has 0 aliphatic carbocycles. The maximum absolute atomic E-state index is 14.1. The van der Waals surface area contributed by atoms with Crippen molar-refractivity contribution >= 4 is 17.3 Å². The number of benzene rings is 2. The number of ether oxygens (including phenoxy) is 1. The Kier molecular flexibility index (Phi) is 4.99. The SMILES string of the molecule is COc1ccccc1C(=O)Nc1cc(N2CCCCC2)ccc1F. The van der Waals surface area contributed by atoms with E-state index in [1.54, 1.807) is 36.4 Å². The highest BCUT2D eigenvalue weighted by molar-refractivity contribution is 6.06. The molecule has 24 heavy (non-hydrogen) atoms. The first-order valence-electron chi connectivity index (χ1n) is 8.18. The Balaban J connectivity index is 1.82. The number of carbonyl (C=O) groups is 1. The summed E-state index contributed by atoms with van der Waals surface area (Å²) in [5, 5.41) is 2.66. The van der Waals surface area contributed by atoms with E-state index in [0.717, 1.165) is 31.6 Å². The lowest BCUT2D eigenvalue weighted by Gasteiger charge is -2.29. The van der Waals surface area contributed by atoms with Crippen LogP contribution in [0, 0.1) is 5.82 Å². The van der Waals surface area contributed by atoms with Gasteiger partial charge in [0.2, 0.25) is 0 Å². The molecule has 1 heterocycles. The van der Waals surface area contributed by atoms with Crippen LogP contribution in [-0.4, -0.2) is 26.1 Å². The van der Waals surface area contributed by atoms with Crippen molar-refractivity contribution in [1.82, 2.24) is 0 Å². The Morgan fingerprint density at radius 2 is 1.88 bits per heavy atom. The van der Waals surface area contributed by atoms with Gasteiger partial charge in [-0.2, -0.15) is 0 Å². The second-order valence-electron chi connectivity index (χ2n) is 5.87. The topological polar surface area (TPSA) is 41.6 Å². The van der Waals surface area contributed by atoms with E-state index in [-0.39, 0.29) is 11.6 Å². The van der Waals surface area contributed by atoms with Crippen molar-refractivity contribution in [3.63, 3.8) is 0 Å². The summed E-state index contributed by atoms with van der Waals surface area (Å²) in [5.41, 5.74) is 1.50. The molecule has 0 unspecified atom stereocenters. The van der Waals surface area contributed by atoms with Crippen molar-refractivity contribution in [2.45, 2.75) is 19.3 Å². The molecule has 0 atom stereocenters. The van der Waals surface area contributed by atoms with Crippen molar-refractivity contribution in [2.24, 2.45) is 0 Å². The number of carbonyl (C=O) groups excluding carboxylic acids is 1. The van der Waals surface area contributed by atoms with Crippen LogP contribution in [-0.2, 0) is 0 Å². The Bertz CT molecular complexity index is 727. The molecule has 1 saturated heterocycles. The molecule has 5 heteroatoms. The molecule has 0 radical (unpaired) electrons. The fourth-order valence-electron chi connectivity index (χ4n) is 2.98. The molecule has 0 bridgehead atoms. The lowest BCUT2D eigenvalue weighted by Crippen LogP contribution is -2.29. The number of hydrogen-bond donors (Lipinski definition) is 1. The summed E-state index contributed by atoms with van der Waals surface area (Å²) in [6, 6.07) is 11.8. The Hall–Kier alpha value is -2.56. The number of piperidine rings is 1. The van der Waals surface area contributed by atoms with Gasteiger partial charge in [0.15, 0.2) is 0 Å². The van der Waals surface area contributed by atoms with Crippen LogP contribution in [0.1, 0.15) is 29.6 Å². The van der Waals surface area contributed by atoms with Crippen LogP contribution in [0.3, 0.4) is 0 Å². The van der Waals surface area contributed by atoms with Crippen molar-refractivity contribution < 1.29 is 13.9 Å². The average molecular weight is 328 g/mol. The third kappa shape index (κ3) is 3.50. The Morgan fingerprint density at radius 1 is 1.12 bits per heavy atom. The second kappa shape index (κ2) is 7.34. The molecule has 0 spiro atoms. The molecule has 1 aliphatic rings. The maximum atomic E-state index is 14.1. The zero-order valence-corrected chi connectivity index (χ0v) is 13.7. The molecular weight excluding hydrogens is 307 g/mol. The smallest absolute Gasteiger partial charge is 0.259 e. The van der Waals surface area contributed by atoms with Gasteiger partial charge in [0.05, 0.1) is 18.4 Å². The zero-order chi connectivity index (χ0) is 16.9. The normalized spacial score (nSPS) is 14.3. The molecule has 3 rings (SSSR count). The monoisotopic (exact) mass is 328 g/mol. The molecule has 126 valence electrons. The standard InChI is InChI=1S/C19H21FN2O2/c1-24-18-8-4-3-7-15(18)19(23)21-17-13-14(9-10-16(17)20)22-11-5-2-6-12-22/h3-4,7-10,13H,2,5-6,11-12H2,1H3,(H,21,23). The van der Waals surface area contributed by atoms with Crippen LogP contribution >= 0.6 is 0 Å². The summed E-state index contributed by atoms with van der Waals surface area (Å²) in [4.78, 5) is 14.7. The van der Waals surface area contributed by atoms with Gasteiger partial charge in [-0.25, -0.2) is 4.39 Å². The maximum Gasteiger partial charge on any atom is 0.259 e. The van der Waals surface area contributed by atoms with Gasteiger partial charge in [0.1, 0.15) is 11.6 Å². The fraction of sp³-hybridized carbons (Fsp3) is 0.316. The van der Waals surface area contributed by atoms with Crippen LogP contribution in [0.4, 0.5) is 15.8 Å². The lowest BCUT2D eigenvalue weighted by atomic mass is 10.1. The minimum absolute atomic E-state index is 0.189. The third-order valence-corrected chi connectivity index (χ3v) is 4.27. The van der Waals surface area contributed by atoms with Gasteiger partial charge in [-0.05, 0) is 49.6 Å². The van der Waals surface area contributed by atoms with Gasteiger partial charge >= 0.3 is 0 Å². The summed E-state index contributed by atoms with van der Waals surface area (Å²) in [7, 11) is 1.50. The Labute approximate surface area is 141 Å². The summed E-state index contributed by atoms with van der Waals surface area (Å²) in [6.07, 6.45) is 3.51. The summed E-state index contributed by atoms with van der Waals surface area (Å²) >= 11 is 0. The van der Waals surface area contributed by atoms with Crippen LogP contribution in [0.25, 0.3) is 0 Å². The van der Waals surface area contributed by atoms with Crippen molar-refractivity contribution in [2.75, 3.05) is 30.4 Å². The van der Waals surface area contributed by atoms with Crippen LogP contribution < -0.4 is 15.0 Å². The second-order valence-corrected chi connectivity index (χ2v) is 5.87. The van der Waals surface area contributed by atoms with Crippen LogP contribution in [0.15, 0.2) is 42.5 Å². The zero-order valence-electron chi connectivity index (χ0n) is 13.7. The molecule has 2 aromatic carbocycles. The molecule has 0 saturated carbocycles. The quantitative estimate of drug-likeness (QED) is 0.919. The highest BCUT2D eigenvalue weighted by Crippen LogP contribution is 2.26. The van der Waals surface area contributed by atoms with E-state index >= 15 is 0 Å². The highest BCUT2D eigenvalue weighted by atomic mass is 19.1. The number of nitrogens with zero attached hydrogens (tertiary/aromatic N) is 1. The largest absolute Gasteiger partial charge is 0.496 e. The van der Waals surface area contributed by atoms with Gasteiger partial charge in [-0.1, -0.05) is 12.1 Å². The predicted octanol–water partition coefficient (Wildman–Crippen LogP) is 4.08. The molecule has 1 fully saturated rings. The minimum Gasteiger partial charge on any atom is -0.496 e. The van der Waals surface area contributed by atoms with Crippen molar-refractivity contribution in [3.05, 3.63) is 53.8 Å². The molecule has 1 N–H and O–H groups in total. The van der Waals surface area contributed by atoms with Crippen LogP contribution in [0.5, 0.6) is 5.75 Å². The molecule has 2 aromatic rings. The van der Waals surface area contributed by atoms with Gasteiger partial charge in [0, 0.05) is 18.8 Å². The van der Waals surface area contributed by atoms with Crippen molar-refractivity contribution in [1.29, 1.82) is 0 Å². The molecule has 1 amide bonds. The number of amides is 1. The van der Waals surface area contributed by atoms with Gasteiger partial charge in [-0.15, -0.1) is 0 Å². The van der Waals surface area contributed by atoms with E-state index in [9.17, 15) is 9.18 Å². The summed E-state index contributed by atoms with van der Waals surface area (Å²) in [6.45, 7) is 1.93. The predicted molar refractivity (Wildman–Crippen MR) is 93.4 cm³/mol. The lowest BCUT2D eigenvalue weighted by molar-refractivity contribution is 0.102. The first kappa shape index (κ1) is 16.3. The van der Waals surface area contributed by atoms with Gasteiger partial charge in [0.25, 0.3) is 5.91 Å². The van der Waals surface area contributed by atoms with E-state index in [4.69, 9.17) is 4.74 Å². The molecule has 4 nitrogen and oxygen atoms in total. The van der Waals surface area contributed by atoms with E-state index < -0.39 is 5.82 Å². The number of methoxy groups -OCH3 is 1. The number of rotatable bonds is 4. The third-order valence-electron chi connectivity index (χ3n) is 4.27. The van der Waals surface area contributed by atoms with E-state index in [1.807, 2.05) is 0 Å². The molecular formula is C19H21FN2O2. The summed E-state index contributed by atoms with van der Waals surface area (Å²) < 4.78 is 19.3. The first-order chi connectivity index (χ1) is 11.7. The van der Waals surface area contributed by atoms with E-state index in [1.165, 1.54) is 19.6 Å². The first-order valence-corrected chi connectivity index (χ1v) is 8.18. The van der Waals surface area contributed by atoms with Crippen LogP contribution in [0.2, 0.25) is 0 Å². The summed E-state index contributed by atoms with van der Waals surface area (Å²) in [5.74, 6) is -0.372.